The Morgan fingerprint density at radius 2 is 2.08 bits per heavy atom. The lowest BCUT2D eigenvalue weighted by atomic mass is 10.1. The summed E-state index contributed by atoms with van der Waals surface area (Å²) in [4.78, 5) is 21.1. The molecule has 0 spiro atoms. The standard InChI is InChI=1S/C17H15N3O3S/c1-22-13-7-3-5-11(15(13)23-2)9-14-16(21)20-17(24-14)19-12-6-4-8-18-10-12/h3-10H,1-2H3,(H,19,20,21)/b14-9-. The van der Waals surface area contributed by atoms with E-state index in [9.17, 15) is 4.79 Å². The number of carbonyl (C=O) groups excluding carboxylic acids is 1. The topological polar surface area (TPSA) is 72.8 Å². The minimum Gasteiger partial charge on any atom is -0.493 e. The predicted octanol–water partition coefficient (Wildman–Crippen LogP) is 2.99. The van der Waals surface area contributed by atoms with Gasteiger partial charge in [-0.25, -0.2) is 4.99 Å². The van der Waals surface area contributed by atoms with Gasteiger partial charge in [-0.3, -0.25) is 9.78 Å². The molecule has 7 heteroatoms. The molecule has 1 aliphatic rings. The summed E-state index contributed by atoms with van der Waals surface area (Å²) in [6.45, 7) is 0. The van der Waals surface area contributed by atoms with E-state index >= 15 is 0 Å². The van der Waals surface area contributed by atoms with Crippen LogP contribution >= 0.6 is 11.8 Å². The van der Waals surface area contributed by atoms with E-state index < -0.39 is 0 Å². The van der Waals surface area contributed by atoms with E-state index in [1.54, 1.807) is 44.8 Å². The number of para-hydroxylation sites is 1. The van der Waals surface area contributed by atoms with Crippen molar-refractivity contribution in [2.24, 2.45) is 4.99 Å². The Balaban J connectivity index is 1.90. The number of amidine groups is 1. The lowest BCUT2D eigenvalue weighted by molar-refractivity contribution is -0.115. The predicted molar refractivity (Wildman–Crippen MR) is 94.6 cm³/mol. The van der Waals surface area contributed by atoms with Crippen molar-refractivity contribution in [1.29, 1.82) is 0 Å². The monoisotopic (exact) mass is 341 g/mol. The molecule has 0 aliphatic carbocycles. The van der Waals surface area contributed by atoms with Crippen molar-refractivity contribution >= 4 is 34.6 Å². The van der Waals surface area contributed by atoms with Gasteiger partial charge in [0.25, 0.3) is 5.91 Å². The molecule has 24 heavy (non-hydrogen) atoms. The average Bonchev–Trinajstić information content (AvgIpc) is 2.94. The summed E-state index contributed by atoms with van der Waals surface area (Å²) in [7, 11) is 3.14. The number of carbonyl (C=O) groups is 1. The molecule has 2 heterocycles. The molecular weight excluding hydrogens is 326 g/mol. The van der Waals surface area contributed by atoms with Gasteiger partial charge in [0.05, 0.1) is 31.0 Å². The fourth-order valence-electron chi connectivity index (χ4n) is 2.18. The molecule has 1 aromatic carbocycles. The van der Waals surface area contributed by atoms with E-state index in [1.165, 1.54) is 11.8 Å². The molecule has 2 aromatic rings. The third-order valence-corrected chi connectivity index (χ3v) is 4.16. The molecule has 1 aromatic heterocycles. The molecule has 6 nitrogen and oxygen atoms in total. The summed E-state index contributed by atoms with van der Waals surface area (Å²) in [6.07, 6.45) is 5.06. The normalized spacial score (nSPS) is 17.2. The second-order valence-corrected chi connectivity index (χ2v) is 5.81. The maximum absolute atomic E-state index is 12.2. The first-order chi connectivity index (χ1) is 11.7. The number of aromatic nitrogens is 1. The molecule has 1 saturated heterocycles. The van der Waals surface area contributed by atoms with E-state index in [2.05, 4.69) is 15.3 Å². The van der Waals surface area contributed by atoms with Gasteiger partial charge in [0, 0.05) is 11.8 Å². The summed E-state index contributed by atoms with van der Waals surface area (Å²) >= 11 is 1.27. The minimum absolute atomic E-state index is 0.201. The number of benzene rings is 1. The largest absolute Gasteiger partial charge is 0.493 e. The average molecular weight is 341 g/mol. The molecule has 0 saturated carbocycles. The zero-order valence-electron chi connectivity index (χ0n) is 13.1. The zero-order valence-corrected chi connectivity index (χ0v) is 14.0. The van der Waals surface area contributed by atoms with Gasteiger partial charge in [-0.05, 0) is 36.0 Å². The molecule has 0 bridgehead atoms. The van der Waals surface area contributed by atoms with Crippen LogP contribution in [0.25, 0.3) is 6.08 Å². The Bertz CT molecular complexity index is 819. The highest BCUT2D eigenvalue weighted by atomic mass is 32.2. The van der Waals surface area contributed by atoms with Crippen molar-refractivity contribution in [2.45, 2.75) is 0 Å². The summed E-state index contributed by atoms with van der Waals surface area (Å²) < 4.78 is 10.7. The van der Waals surface area contributed by atoms with Crippen molar-refractivity contribution in [3.8, 4) is 11.5 Å². The first-order valence-corrected chi connectivity index (χ1v) is 7.93. The lowest BCUT2D eigenvalue weighted by Gasteiger charge is -2.10. The van der Waals surface area contributed by atoms with E-state index in [4.69, 9.17) is 9.47 Å². The van der Waals surface area contributed by atoms with Gasteiger partial charge in [0.15, 0.2) is 16.7 Å². The smallest absolute Gasteiger partial charge is 0.264 e. The van der Waals surface area contributed by atoms with Crippen LogP contribution in [0, 0.1) is 0 Å². The number of thioether (sulfide) groups is 1. The fraction of sp³-hybridized carbons (Fsp3) is 0.118. The molecule has 1 N–H and O–H groups in total. The van der Waals surface area contributed by atoms with Crippen LogP contribution in [-0.2, 0) is 4.79 Å². The van der Waals surface area contributed by atoms with Crippen LogP contribution in [0.15, 0.2) is 52.6 Å². The molecule has 0 radical (unpaired) electrons. The van der Waals surface area contributed by atoms with Gasteiger partial charge in [0.2, 0.25) is 0 Å². The molecule has 1 amide bonds. The number of amides is 1. The van der Waals surface area contributed by atoms with Crippen LogP contribution < -0.4 is 14.8 Å². The minimum atomic E-state index is -0.201. The van der Waals surface area contributed by atoms with E-state index in [-0.39, 0.29) is 5.91 Å². The number of hydrogen-bond acceptors (Lipinski definition) is 6. The Hall–Kier alpha value is -2.80. The highest BCUT2D eigenvalue weighted by Crippen LogP contribution is 2.35. The zero-order chi connectivity index (χ0) is 16.9. The molecule has 0 atom stereocenters. The first kappa shape index (κ1) is 16.1. The SMILES string of the molecule is COc1cccc(/C=C2\SC(=Nc3cccnc3)NC2=O)c1OC. The van der Waals surface area contributed by atoms with Crippen LogP contribution in [0.3, 0.4) is 0 Å². The van der Waals surface area contributed by atoms with E-state index in [0.717, 1.165) is 5.56 Å². The number of methoxy groups -OCH3 is 2. The second-order valence-electron chi connectivity index (χ2n) is 4.78. The quantitative estimate of drug-likeness (QED) is 0.866. The van der Waals surface area contributed by atoms with Crippen molar-refractivity contribution in [1.82, 2.24) is 10.3 Å². The molecule has 3 rings (SSSR count). The van der Waals surface area contributed by atoms with Gasteiger partial charge >= 0.3 is 0 Å². The van der Waals surface area contributed by atoms with Gasteiger partial charge in [0.1, 0.15) is 0 Å². The summed E-state index contributed by atoms with van der Waals surface area (Å²) in [5.74, 6) is 0.991. The summed E-state index contributed by atoms with van der Waals surface area (Å²) in [6, 6.07) is 9.12. The molecule has 1 aliphatic heterocycles. The van der Waals surface area contributed by atoms with E-state index in [1.807, 2.05) is 18.2 Å². The van der Waals surface area contributed by atoms with Gasteiger partial charge in [-0.1, -0.05) is 12.1 Å². The van der Waals surface area contributed by atoms with Gasteiger partial charge in [-0.15, -0.1) is 0 Å². The number of nitrogens with zero attached hydrogens (tertiary/aromatic N) is 2. The van der Waals surface area contributed by atoms with E-state index in [0.29, 0.717) is 27.3 Å². The highest BCUT2D eigenvalue weighted by Gasteiger charge is 2.24. The Morgan fingerprint density at radius 3 is 2.79 bits per heavy atom. The number of nitrogens with one attached hydrogen (secondary N) is 1. The van der Waals surface area contributed by atoms with Crippen LogP contribution in [0.4, 0.5) is 5.69 Å². The van der Waals surface area contributed by atoms with Crippen molar-refractivity contribution in [2.75, 3.05) is 14.2 Å². The number of pyridine rings is 1. The highest BCUT2D eigenvalue weighted by molar-refractivity contribution is 8.18. The third kappa shape index (κ3) is 3.41. The maximum atomic E-state index is 12.2. The van der Waals surface area contributed by atoms with Crippen molar-refractivity contribution < 1.29 is 14.3 Å². The van der Waals surface area contributed by atoms with Crippen molar-refractivity contribution in [3.05, 3.63) is 53.2 Å². The summed E-state index contributed by atoms with van der Waals surface area (Å²) in [5, 5.41) is 3.26. The van der Waals surface area contributed by atoms with Crippen LogP contribution in [-0.4, -0.2) is 30.3 Å². The Labute approximate surface area is 143 Å². The van der Waals surface area contributed by atoms with Gasteiger partial charge in [-0.2, -0.15) is 0 Å². The molecule has 1 fully saturated rings. The van der Waals surface area contributed by atoms with Gasteiger partial charge < -0.3 is 14.8 Å². The molecule has 122 valence electrons. The summed E-state index contributed by atoms with van der Waals surface area (Å²) in [5.41, 5.74) is 1.44. The first-order valence-electron chi connectivity index (χ1n) is 7.12. The Morgan fingerprint density at radius 1 is 1.21 bits per heavy atom. The Kier molecular flexibility index (Phi) is 4.81. The van der Waals surface area contributed by atoms with Crippen molar-refractivity contribution in [3.63, 3.8) is 0 Å². The number of rotatable bonds is 4. The molecular formula is C17H15N3O3S. The van der Waals surface area contributed by atoms with Crippen LogP contribution in [0.5, 0.6) is 11.5 Å². The number of hydrogen-bond donors (Lipinski definition) is 1. The third-order valence-electron chi connectivity index (χ3n) is 3.25. The molecule has 0 unspecified atom stereocenters. The number of ether oxygens (including phenoxy) is 2. The lowest BCUT2D eigenvalue weighted by Crippen LogP contribution is -2.19. The van der Waals surface area contributed by atoms with Crippen LogP contribution in [0.1, 0.15) is 5.56 Å². The fourth-order valence-corrected chi connectivity index (χ4v) is 3.02. The van der Waals surface area contributed by atoms with Crippen LogP contribution in [0.2, 0.25) is 0 Å². The number of aliphatic imine (C=N–C) groups is 1. The second kappa shape index (κ2) is 7.18. The maximum Gasteiger partial charge on any atom is 0.264 e.